The molecule has 0 aromatic heterocycles. The maximum Gasteiger partial charge on any atom is 0.423 e. The quantitative estimate of drug-likeness (QED) is 0.294. The number of nitro groups is 1. The molecular weight excluding hydrogens is 509 g/mol. The fraction of sp³-hybridized carbons (Fsp3) is 0.552. The molecule has 2 aromatic carbocycles. The first-order valence-corrected chi connectivity index (χ1v) is 13.3. The summed E-state index contributed by atoms with van der Waals surface area (Å²) in [7, 11) is 0. The second-order valence-corrected chi connectivity index (χ2v) is 10.5. The number of anilines is 1. The molecule has 4 rings (SSSR count). The molecule has 2 heterocycles. The predicted octanol–water partition coefficient (Wildman–Crippen LogP) is 6.31. The second-order valence-electron chi connectivity index (χ2n) is 10.5. The van der Waals surface area contributed by atoms with Crippen molar-refractivity contribution in [2.75, 3.05) is 38.0 Å². The van der Waals surface area contributed by atoms with E-state index >= 15 is 0 Å². The van der Waals surface area contributed by atoms with Gasteiger partial charge in [-0.15, -0.1) is 0 Å². The Labute approximate surface area is 228 Å². The number of carbonyl (C=O) groups is 1. The Morgan fingerprint density at radius 3 is 2.41 bits per heavy atom. The molecule has 2 aromatic rings. The monoisotopic (exact) mass is 548 g/mol. The van der Waals surface area contributed by atoms with Gasteiger partial charge in [0.25, 0.3) is 5.69 Å². The molecule has 1 N–H and O–H groups in total. The van der Waals surface area contributed by atoms with Crippen LogP contribution in [-0.2, 0) is 17.4 Å². The molecule has 0 aliphatic carbocycles. The van der Waals surface area contributed by atoms with E-state index < -0.39 is 22.4 Å². The van der Waals surface area contributed by atoms with E-state index in [0.717, 1.165) is 44.6 Å². The second kappa shape index (κ2) is 13.3. The van der Waals surface area contributed by atoms with Crippen molar-refractivity contribution in [2.45, 2.75) is 65.1 Å². The molecule has 2 aliphatic heterocycles. The first kappa shape index (κ1) is 30.4. The van der Waals surface area contributed by atoms with Gasteiger partial charge in [0.05, 0.1) is 4.92 Å². The highest BCUT2D eigenvalue weighted by molar-refractivity contribution is 5.76. The van der Waals surface area contributed by atoms with Crippen LogP contribution in [0.4, 0.5) is 24.5 Å². The summed E-state index contributed by atoms with van der Waals surface area (Å²) < 4.78 is 39.8. The lowest BCUT2D eigenvalue weighted by atomic mass is 9.90. The lowest BCUT2D eigenvalue weighted by molar-refractivity contribution is -0.388. The van der Waals surface area contributed by atoms with Crippen LogP contribution in [0.3, 0.4) is 0 Å². The van der Waals surface area contributed by atoms with Gasteiger partial charge in [-0.3, -0.25) is 14.9 Å². The number of carbonyl (C=O) groups excluding carboxylic acids is 1. The summed E-state index contributed by atoms with van der Waals surface area (Å²) in [6, 6.07) is 11.5. The molecule has 39 heavy (non-hydrogen) atoms. The summed E-state index contributed by atoms with van der Waals surface area (Å²) in [5.74, 6) is 0.760. The number of hydrogen-bond acceptors (Lipinski definition) is 5. The molecule has 2 aliphatic rings. The molecule has 10 heteroatoms. The van der Waals surface area contributed by atoms with Crippen molar-refractivity contribution in [3.63, 3.8) is 0 Å². The van der Waals surface area contributed by atoms with Crippen molar-refractivity contribution in [1.82, 2.24) is 9.80 Å². The number of nitrogens with zero attached hydrogens (tertiary/aromatic N) is 3. The Hall–Kier alpha value is -3.14. The molecule has 7 nitrogen and oxygen atoms in total. The van der Waals surface area contributed by atoms with E-state index in [2.05, 4.69) is 41.4 Å². The van der Waals surface area contributed by atoms with Crippen LogP contribution >= 0.6 is 0 Å². The van der Waals surface area contributed by atoms with Gasteiger partial charge >= 0.3 is 6.18 Å². The van der Waals surface area contributed by atoms with E-state index in [-0.39, 0.29) is 25.1 Å². The number of benzene rings is 2. The minimum absolute atomic E-state index is 0. The van der Waals surface area contributed by atoms with Crippen molar-refractivity contribution < 1.29 is 22.9 Å². The summed E-state index contributed by atoms with van der Waals surface area (Å²) in [5.41, 5.74) is 0.586. The fourth-order valence-electron chi connectivity index (χ4n) is 5.44. The van der Waals surface area contributed by atoms with Crippen molar-refractivity contribution in [1.29, 1.82) is 0 Å². The summed E-state index contributed by atoms with van der Waals surface area (Å²) in [6.45, 7) is 6.04. The molecule has 0 bridgehead atoms. The lowest BCUT2D eigenvalue weighted by Gasteiger charge is -2.32. The van der Waals surface area contributed by atoms with Crippen LogP contribution in [-0.4, -0.2) is 59.4 Å². The number of alkyl halides is 3. The summed E-state index contributed by atoms with van der Waals surface area (Å²) in [6.07, 6.45) is 0.472. The van der Waals surface area contributed by atoms with E-state index in [1.54, 1.807) is 4.90 Å². The van der Waals surface area contributed by atoms with Crippen LogP contribution in [0.2, 0.25) is 0 Å². The number of hydrogen-bond donors (Lipinski definition) is 1. The minimum Gasteiger partial charge on any atom is -0.380 e. The Balaban J connectivity index is 0.00000420. The van der Waals surface area contributed by atoms with Crippen LogP contribution in [0.5, 0.6) is 0 Å². The predicted molar refractivity (Wildman–Crippen MR) is 147 cm³/mol. The van der Waals surface area contributed by atoms with Crippen molar-refractivity contribution in [3.8, 4) is 0 Å². The summed E-state index contributed by atoms with van der Waals surface area (Å²) in [4.78, 5) is 26.8. The molecule has 2 saturated heterocycles. The van der Waals surface area contributed by atoms with Crippen LogP contribution in [0.1, 0.15) is 56.2 Å². The van der Waals surface area contributed by atoms with Crippen LogP contribution in [0.15, 0.2) is 42.5 Å². The van der Waals surface area contributed by atoms with Crippen LogP contribution < -0.4 is 5.32 Å². The molecule has 1 atom stereocenters. The molecule has 0 saturated carbocycles. The fourth-order valence-corrected chi connectivity index (χ4v) is 5.44. The van der Waals surface area contributed by atoms with Gasteiger partial charge in [-0.25, -0.2) is 0 Å². The van der Waals surface area contributed by atoms with E-state index in [9.17, 15) is 28.1 Å². The molecular formula is C29H39F3N4O3. The van der Waals surface area contributed by atoms with E-state index in [1.165, 1.54) is 30.0 Å². The van der Waals surface area contributed by atoms with Crippen molar-refractivity contribution in [2.24, 2.45) is 5.92 Å². The molecule has 0 unspecified atom stereocenters. The number of aryl methyl sites for hydroxylation is 1. The SMILES string of the molecule is C.Cc1ccc(CC2CCN(CCCC(=O)N3CC[C@H](Nc4ccc([N+](=O)[O-])c(C(F)(F)F)c4)C3)CC2)cc1. The molecule has 1 amide bonds. The van der Waals surface area contributed by atoms with Gasteiger partial charge in [0.2, 0.25) is 5.91 Å². The van der Waals surface area contributed by atoms with Gasteiger partial charge in [0.15, 0.2) is 0 Å². The Morgan fingerprint density at radius 1 is 1.08 bits per heavy atom. The first-order chi connectivity index (χ1) is 18.1. The normalized spacial score (nSPS) is 18.6. The molecule has 0 radical (unpaired) electrons. The maximum atomic E-state index is 13.3. The average molecular weight is 549 g/mol. The Kier molecular flexibility index (Phi) is 10.4. The highest BCUT2D eigenvalue weighted by atomic mass is 19.4. The minimum atomic E-state index is -4.83. The third-order valence-corrected chi connectivity index (χ3v) is 7.63. The smallest absolute Gasteiger partial charge is 0.380 e. The van der Waals surface area contributed by atoms with Gasteiger partial charge in [0.1, 0.15) is 5.56 Å². The molecule has 214 valence electrons. The van der Waals surface area contributed by atoms with Crippen molar-refractivity contribution in [3.05, 3.63) is 69.3 Å². The van der Waals surface area contributed by atoms with Gasteiger partial charge in [0, 0.05) is 37.3 Å². The zero-order valence-corrected chi connectivity index (χ0v) is 21.7. The van der Waals surface area contributed by atoms with E-state index in [1.807, 2.05) is 0 Å². The number of nitro benzene ring substituents is 1. The highest BCUT2D eigenvalue weighted by Crippen LogP contribution is 2.38. The zero-order valence-electron chi connectivity index (χ0n) is 21.7. The third-order valence-electron chi connectivity index (χ3n) is 7.63. The van der Waals surface area contributed by atoms with Gasteiger partial charge in [-0.2, -0.15) is 13.2 Å². The lowest BCUT2D eigenvalue weighted by Crippen LogP contribution is -2.36. The number of nitrogens with one attached hydrogen (secondary N) is 1. The van der Waals surface area contributed by atoms with Gasteiger partial charge in [-0.1, -0.05) is 37.3 Å². The number of rotatable bonds is 9. The number of likely N-dealkylation sites (tertiary alicyclic amines) is 2. The maximum absolute atomic E-state index is 13.3. The topological polar surface area (TPSA) is 78.7 Å². The number of piperidine rings is 1. The number of halogens is 3. The first-order valence-electron chi connectivity index (χ1n) is 13.3. The molecule has 0 spiro atoms. The Bertz CT molecular complexity index is 1120. The largest absolute Gasteiger partial charge is 0.423 e. The van der Waals surface area contributed by atoms with Gasteiger partial charge in [-0.05, 0) is 82.3 Å². The molecule has 2 fully saturated rings. The summed E-state index contributed by atoms with van der Waals surface area (Å²) in [5, 5.41) is 14.0. The number of amides is 1. The van der Waals surface area contributed by atoms with Crippen LogP contribution in [0, 0.1) is 23.0 Å². The Morgan fingerprint density at radius 2 is 1.77 bits per heavy atom. The van der Waals surface area contributed by atoms with Gasteiger partial charge < -0.3 is 15.1 Å². The van der Waals surface area contributed by atoms with Crippen LogP contribution in [0.25, 0.3) is 0 Å². The summed E-state index contributed by atoms with van der Waals surface area (Å²) >= 11 is 0. The average Bonchev–Trinajstić information content (AvgIpc) is 3.34. The van der Waals surface area contributed by atoms with Crippen molar-refractivity contribution >= 4 is 17.3 Å². The highest BCUT2D eigenvalue weighted by Gasteiger charge is 2.38. The van der Waals surface area contributed by atoms with E-state index in [0.29, 0.717) is 31.8 Å². The van der Waals surface area contributed by atoms with E-state index in [4.69, 9.17) is 0 Å². The third kappa shape index (κ3) is 8.42. The standard InChI is InChI=1S/C28H35F3N4O3.CH4/c1-20-4-6-21(7-5-20)17-22-10-14-33(15-11-22)13-2-3-27(36)34-16-12-24(19-34)32-23-8-9-26(35(37)38)25(18-23)28(29,30)31;/h4-9,18,22,24,32H,2-3,10-17,19H2,1H3;1H4/t24-;/m0./s1. The zero-order chi connectivity index (χ0) is 27.3.